The molecule has 1 aromatic rings. The fourth-order valence-corrected chi connectivity index (χ4v) is 3.52. The SMILES string of the molecule is OC1CCC2CN(CCCOc3ccc(F)cc3)CC12. The normalized spacial score (nSPS) is 29.6. The Labute approximate surface area is 119 Å². The number of ether oxygens (including phenoxy) is 1. The van der Waals surface area contributed by atoms with Crippen LogP contribution in [0.1, 0.15) is 19.3 Å². The van der Waals surface area contributed by atoms with E-state index in [2.05, 4.69) is 4.90 Å². The van der Waals surface area contributed by atoms with Crippen molar-refractivity contribution in [1.29, 1.82) is 0 Å². The van der Waals surface area contributed by atoms with Gasteiger partial charge in [-0.05, 0) is 49.4 Å². The highest BCUT2D eigenvalue weighted by Gasteiger charge is 2.41. The van der Waals surface area contributed by atoms with Crippen molar-refractivity contribution >= 4 is 0 Å². The summed E-state index contributed by atoms with van der Waals surface area (Å²) in [7, 11) is 0. The minimum atomic E-state index is -0.237. The second-order valence-corrected chi connectivity index (χ2v) is 5.98. The zero-order chi connectivity index (χ0) is 13.9. The van der Waals surface area contributed by atoms with Gasteiger partial charge in [-0.25, -0.2) is 4.39 Å². The predicted molar refractivity (Wildman–Crippen MR) is 75.2 cm³/mol. The van der Waals surface area contributed by atoms with Crippen LogP contribution >= 0.6 is 0 Å². The molecule has 3 unspecified atom stereocenters. The van der Waals surface area contributed by atoms with Gasteiger partial charge < -0.3 is 14.7 Å². The number of rotatable bonds is 5. The van der Waals surface area contributed by atoms with Gasteiger partial charge in [0.1, 0.15) is 11.6 Å². The maximum Gasteiger partial charge on any atom is 0.123 e. The van der Waals surface area contributed by atoms with Crippen LogP contribution < -0.4 is 4.74 Å². The van der Waals surface area contributed by atoms with E-state index in [0.29, 0.717) is 18.4 Å². The molecule has 20 heavy (non-hydrogen) atoms. The molecule has 3 rings (SSSR count). The lowest BCUT2D eigenvalue weighted by Crippen LogP contribution is -2.26. The Bertz CT molecular complexity index is 437. The number of halogens is 1. The molecule has 1 aliphatic carbocycles. The van der Waals surface area contributed by atoms with E-state index >= 15 is 0 Å². The lowest BCUT2D eigenvalue weighted by molar-refractivity contribution is 0.123. The molecule has 0 amide bonds. The fraction of sp³-hybridized carbons (Fsp3) is 0.625. The number of hydrogen-bond donors (Lipinski definition) is 1. The highest BCUT2D eigenvalue weighted by molar-refractivity contribution is 5.21. The van der Waals surface area contributed by atoms with Gasteiger partial charge in [0.2, 0.25) is 0 Å². The summed E-state index contributed by atoms with van der Waals surface area (Å²) in [5.41, 5.74) is 0. The molecule has 1 N–H and O–H groups in total. The van der Waals surface area contributed by atoms with Crippen molar-refractivity contribution in [1.82, 2.24) is 4.90 Å². The lowest BCUT2D eigenvalue weighted by atomic mass is 10.00. The minimum absolute atomic E-state index is 0.0829. The van der Waals surface area contributed by atoms with E-state index in [4.69, 9.17) is 4.74 Å². The van der Waals surface area contributed by atoms with Gasteiger partial charge in [-0.2, -0.15) is 0 Å². The molecule has 3 atom stereocenters. The molecule has 2 aliphatic rings. The van der Waals surface area contributed by atoms with E-state index in [-0.39, 0.29) is 11.9 Å². The number of likely N-dealkylation sites (tertiary alicyclic amines) is 1. The van der Waals surface area contributed by atoms with E-state index in [1.807, 2.05) is 0 Å². The largest absolute Gasteiger partial charge is 0.494 e. The summed E-state index contributed by atoms with van der Waals surface area (Å²) >= 11 is 0. The summed E-state index contributed by atoms with van der Waals surface area (Å²) in [6.07, 6.45) is 3.04. The third kappa shape index (κ3) is 3.13. The third-order valence-electron chi connectivity index (χ3n) is 4.60. The first-order chi connectivity index (χ1) is 9.72. The summed E-state index contributed by atoms with van der Waals surface area (Å²) in [5.74, 6) is 1.68. The third-order valence-corrected chi connectivity index (χ3v) is 4.60. The van der Waals surface area contributed by atoms with Crippen molar-refractivity contribution in [2.75, 3.05) is 26.2 Å². The van der Waals surface area contributed by atoms with E-state index in [0.717, 1.165) is 38.2 Å². The van der Waals surface area contributed by atoms with Gasteiger partial charge in [-0.3, -0.25) is 0 Å². The molecule has 3 nitrogen and oxygen atoms in total. The summed E-state index contributed by atoms with van der Waals surface area (Å²) in [6, 6.07) is 6.15. The van der Waals surface area contributed by atoms with Gasteiger partial charge in [0.15, 0.2) is 0 Å². The Hall–Kier alpha value is -1.13. The van der Waals surface area contributed by atoms with Crippen molar-refractivity contribution in [2.24, 2.45) is 11.8 Å². The average Bonchev–Trinajstić information content (AvgIpc) is 2.99. The maximum absolute atomic E-state index is 12.7. The number of nitrogens with zero attached hydrogens (tertiary/aromatic N) is 1. The van der Waals surface area contributed by atoms with Crippen molar-refractivity contribution in [3.63, 3.8) is 0 Å². The van der Waals surface area contributed by atoms with E-state index < -0.39 is 0 Å². The zero-order valence-corrected chi connectivity index (χ0v) is 11.7. The van der Waals surface area contributed by atoms with Gasteiger partial charge in [-0.1, -0.05) is 0 Å². The van der Waals surface area contributed by atoms with Crippen molar-refractivity contribution in [3.05, 3.63) is 30.1 Å². The Kier molecular flexibility index (Phi) is 4.22. The van der Waals surface area contributed by atoms with Crippen LogP contribution in [0.15, 0.2) is 24.3 Å². The van der Waals surface area contributed by atoms with E-state index in [1.54, 1.807) is 12.1 Å². The topological polar surface area (TPSA) is 32.7 Å². The van der Waals surface area contributed by atoms with Crippen LogP contribution in [0, 0.1) is 17.7 Å². The van der Waals surface area contributed by atoms with Gasteiger partial charge in [0.05, 0.1) is 12.7 Å². The highest BCUT2D eigenvalue weighted by Crippen LogP contribution is 2.37. The van der Waals surface area contributed by atoms with Crippen molar-refractivity contribution in [2.45, 2.75) is 25.4 Å². The maximum atomic E-state index is 12.7. The molecule has 2 fully saturated rings. The minimum Gasteiger partial charge on any atom is -0.494 e. The number of fused-ring (bicyclic) bond motifs is 1. The Morgan fingerprint density at radius 3 is 2.75 bits per heavy atom. The molecular weight excluding hydrogens is 257 g/mol. The quantitative estimate of drug-likeness (QED) is 0.840. The number of aliphatic hydroxyl groups is 1. The highest BCUT2D eigenvalue weighted by atomic mass is 19.1. The van der Waals surface area contributed by atoms with Crippen LogP contribution in [-0.2, 0) is 0 Å². The summed E-state index contributed by atoms with van der Waals surface area (Å²) in [5, 5.41) is 9.88. The number of aliphatic hydroxyl groups excluding tert-OH is 1. The first-order valence-electron chi connectivity index (χ1n) is 7.51. The van der Waals surface area contributed by atoms with Crippen molar-refractivity contribution < 1.29 is 14.2 Å². The molecule has 1 heterocycles. The van der Waals surface area contributed by atoms with Gasteiger partial charge in [-0.15, -0.1) is 0 Å². The smallest absolute Gasteiger partial charge is 0.123 e. The van der Waals surface area contributed by atoms with Crippen LogP contribution in [0.4, 0.5) is 4.39 Å². The number of benzene rings is 1. The molecule has 1 aromatic carbocycles. The fourth-order valence-electron chi connectivity index (χ4n) is 3.52. The van der Waals surface area contributed by atoms with Crippen LogP contribution in [0.2, 0.25) is 0 Å². The summed E-state index contributed by atoms with van der Waals surface area (Å²) < 4.78 is 18.3. The molecule has 4 heteroatoms. The van der Waals surface area contributed by atoms with Gasteiger partial charge in [0, 0.05) is 25.6 Å². The molecule has 1 saturated heterocycles. The number of hydrogen-bond acceptors (Lipinski definition) is 3. The van der Waals surface area contributed by atoms with Crippen LogP contribution in [0.5, 0.6) is 5.75 Å². The van der Waals surface area contributed by atoms with Crippen LogP contribution in [0.3, 0.4) is 0 Å². The monoisotopic (exact) mass is 279 g/mol. The van der Waals surface area contributed by atoms with Crippen LogP contribution in [-0.4, -0.2) is 42.4 Å². The molecule has 1 aliphatic heterocycles. The molecule has 0 aromatic heterocycles. The zero-order valence-electron chi connectivity index (χ0n) is 11.7. The molecule has 110 valence electrons. The Balaban J connectivity index is 1.36. The lowest BCUT2D eigenvalue weighted by Gasteiger charge is -2.17. The molecule has 0 radical (unpaired) electrons. The Morgan fingerprint density at radius 1 is 1.20 bits per heavy atom. The summed E-state index contributed by atoms with van der Waals surface area (Å²) in [6.45, 7) is 3.82. The summed E-state index contributed by atoms with van der Waals surface area (Å²) in [4.78, 5) is 2.44. The standard InChI is InChI=1S/C16H22FNO2/c17-13-3-5-14(6-4-13)20-9-1-8-18-10-12-2-7-16(19)15(12)11-18/h3-6,12,15-16,19H,1-2,7-11H2. The second-order valence-electron chi connectivity index (χ2n) is 5.98. The second kappa shape index (κ2) is 6.10. The first kappa shape index (κ1) is 13.8. The molecule has 1 saturated carbocycles. The molecular formula is C16H22FNO2. The Morgan fingerprint density at radius 2 is 2.00 bits per heavy atom. The first-order valence-corrected chi connectivity index (χ1v) is 7.51. The van der Waals surface area contributed by atoms with Crippen LogP contribution in [0.25, 0.3) is 0 Å². The van der Waals surface area contributed by atoms with E-state index in [9.17, 15) is 9.50 Å². The van der Waals surface area contributed by atoms with E-state index in [1.165, 1.54) is 18.6 Å². The molecule has 0 spiro atoms. The molecule has 0 bridgehead atoms. The van der Waals surface area contributed by atoms with Gasteiger partial charge >= 0.3 is 0 Å². The predicted octanol–water partition coefficient (Wildman–Crippen LogP) is 2.30. The van der Waals surface area contributed by atoms with Crippen molar-refractivity contribution in [3.8, 4) is 5.75 Å². The van der Waals surface area contributed by atoms with Gasteiger partial charge in [0.25, 0.3) is 0 Å². The average molecular weight is 279 g/mol.